The van der Waals surface area contributed by atoms with E-state index in [0.717, 1.165) is 18.2 Å². The maximum atomic E-state index is 13.3. The number of nitriles is 1. The van der Waals surface area contributed by atoms with Crippen molar-refractivity contribution in [1.82, 2.24) is 14.6 Å². The number of nitrogens with one attached hydrogen (secondary N) is 1. The lowest BCUT2D eigenvalue weighted by Crippen LogP contribution is -2.16. The molecular weight excluding hydrogens is 321 g/mol. The minimum atomic E-state index is -4.00. The molecule has 0 bridgehead atoms. The van der Waals surface area contributed by atoms with Gasteiger partial charge in [-0.1, -0.05) is 0 Å². The number of sulfonamides is 1. The van der Waals surface area contributed by atoms with Crippen LogP contribution in [0.2, 0.25) is 0 Å². The fraction of sp³-hybridized carbons (Fsp3) is 0.0714. The Hall–Kier alpha value is -2.99. The first-order valence-electron chi connectivity index (χ1n) is 6.44. The first-order valence-corrected chi connectivity index (χ1v) is 7.93. The lowest BCUT2D eigenvalue weighted by atomic mass is 10.2. The largest absolute Gasteiger partial charge is 0.263 e. The van der Waals surface area contributed by atoms with Crippen molar-refractivity contribution in [3.8, 4) is 6.07 Å². The molecule has 0 radical (unpaired) electrons. The van der Waals surface area contributed by atoms with Crippen LogP contribution in [0, 0.1) is 24.1 Å². The van der Waals surface area contributed by atoms with Crippen molar-refractivity contribution < 1.29 is 12.8 Å². The molecule has 116 valence electrons. The smallest absolute Gasteiger partial charge is 0.263 e. The van der Waals surface area contributed by atoms with Crippen molar-refractivity contribution in [2.45, 2.75) is 11.8 Å². The SMILES string of the molecule is Cc1cc2nccc(NS(=O)(=O)c3ccc(F)c(C#N)c3)n2n1. The Morgan fingerprint density at radius 1 is 1.30 bits per heavy atom. The number of hydrogen-bond acceptors (Lipinski definition) is 5. The molecule has 1 N–H and O–H groups in total. The monoisotopic (exact) mass is 331 g/mol. The lowest BCUT2D eigenvalue weighted by Gasteiger charge is -2.09. The maximum Gasteiger partial charge on any atom is 0.263 e. The minimum Gasteiger partial charge on any atom is -0.263 e. The van der Waals surface area contributed by atoms with E-state index in [1.54, 1.807) is 19.1 Å². The molecule has 2 aromatic heterocycles. The number of fused-ring (bicyclic) bond motifs is 1. The van der Waals surface area contributed by atoms with Crippen LogP contribution in [0.4, 0.5) is 10.2 Å². The molecule has 0 saturated heterocycles. The lowest BCUT2D eigenvalue weighted by molar-refractivity contribution is 0.599. The van der Waals surface area contributed by atoms with Gasteiger partial charge >= 0.3 is 0 Å². The van der Waals surface area contributed by atoms with E-state index < -0.39 is 15.8 Å². The highest BCUT2D eigenvalue weighted by Crippen LogP contribution is 2.19. The van der Waals surface area contributed by atoms with Crippen molar-refractivity contribution in [3.05, 3.63) is 53.6 Å². The Kier molecular flexibility index (Phi) is 3.46. The summed E-state index contributed by atoms with van der Waals surface area (Å²) in [6, 6.07) is 7.76. The summed E-state index contributed by atoms with van der Waals surface area (Å²) in [5.41, 5.74) is 0.819. The van der Waals surface area contributed by atoms with E-state index in [2.05, 4.69) is 14.8 Å². The van der Waals surface area contributed by atoms with Crippen LogP contribution in [0.15, 0.2) is 41.4 Å². The van der Waals surface area contributed by atoms with Crippen molar-refractivity contribution in [3.63, 3.8) is 0 Å². The summed E-state index contributed by atoms with van der Waals surface area (Å²) in [6.45, 7) is 1.76. The number of hydrogen-bond donors (Lipinski definition) is 1. The van der Waals surface area contributed by atoms with Crippen LogP contribution in [0.3, 0.4) is 0 Å². The van der Waals surface area contributed by atoms with Crippen LogP contribution >= 0.6 is 0 Å². The highest BCUT2D eigenvalue weighted by Gasteiger charge is 2.18. The number of nitrogens with zero attached hydrogens (tertiary/aromatic N) is 4. The van der Waals surface area contributed by atoms with Crippen LogP contribution in [-0.2, 0) is 10.0 Å². The molecule has 0 fully saturated rings. The number of aromatic nitrogens is 3. The predicted molar refractivity (Wildman–Crippen MR) is 79.6 cm³/mol. The van der Waals surface area contributed by atoms with Gasteiger partial charge in [-0.25, -0.2) is 17.8 Å². The summed E-state index contributed by atoms with van der Waals surface area (Å²) >= 11 is 0. The Labute approximate surface area is 131 Å². The molecule has 0 aliphatic rings. The number of halogens is 1. The van der Waals surface area contributed by atoms with Gasteiger partial charge in [0.25, 0.3) is 10.0 Å². The molecule has 7 nitrogen and oxygen atoms in total. The molecule has 0 amide bonds. The average molecular weight is 331 g/mol. The topological polar surface area (TPSA) is 100 Å². The van der Waals surface area contributed by atoms with E-state index in [1.165, 1.54) is 16.8 Å². The van der Waals surface area contributed by atoms with Crippen LogP contribution in [-0.4, -0.2) is 23.0 Å². The van der Waals surface area contributed by atoms with Gasteiger partial charge in [-0.15, -0.1) is 0 Å². The van der Waals surface area contributed by atoms with Crippen LogP contribution in [0.1, 0.15) is 11.3 Å². The van der Waals surface area contributed by atoms with Gasteiger partial charge in [-0.05, 0) is 31.2 Å². The summed E-state index contributed by atoms with van der Waals surface area (Å²) in [7, 11) is -4.00. The second-order valence-electron chi connectivity index (χ2n) is 4.74. The van der Waals surface area contributed by atoms with Crippen molar-refractivity contribution in [2.75, 3.05) is 4.72 Å². The highest BCUT2D eigenvalue weighted by molar-refractivity contribution is 7.92. The fourth-order valence-electron chi connectivity index (χ4n) is 2.04. The van der Waals surface area contributed by atoms with Crippen molar-refractivity contribution >= 4 is 21.5 Å². The molecule has 2 heterocycles. The van der Waals surface area contributed by atoms with E-state index in [0.29, 0.717) is 11.3 Å². The van der Waals surface area contributed by atoms with Crippen LogP contribution in [0.25, 0.3) is 5.65 Å². The summed E-state index contributed by atoms with van der Waals surface area (Å²) in [5.74, 6) is -0.591. The molecular formula is C14H10FN5O2S. The zero-order valence-electron chi connectivity index (χ0n) is 11.9. The van der Waals surface area contributed by atoms with Gasteiger partial charge in [0, 0.05) is 12.3 Å². The third-order valence-corrected chi connectivity index (χ3v) is 4.44. The van der Waals surface area contributed by atoms with E-state index >= 15 is 0 Å². The van der Waals surface area contributed by atoms with Crippen LogP contribution < -0.4 is 4.72 Å². The zero-order valence-corrected chi connectivity index (χ0v) is 12.7. The number of anilines is 1. The molecule has 0 saturated carbocycles. The minimum absolute atomic E-state index is 0.186. The molecule has 0 aliphatic heterocycles. The van der Waals surface area contributed by atoms with Gasteiger partial charge in [0.1, 0.15) is 17.7 Å². The van der Waals surface area contributed by atoms with Gasteiger partial charge in [-0.2, -0.15) is 14.9 Å². The molecule has 0 unspecified atom stereocenters. The molecule has 0 spiro atoms. The quantitative estimate of drug-likeness (QED) is 0.789. The van der Waals surface area contributed by atoms with E-state index in [-0.39, 0.29) is 16.3 Å². The number of aryl methyl sites for hydroxylation is 1. The van der Waals surface area contributed by atoms with E-state index in [4.69, 9.17) is 5.26 Å². The second-order valence-corrected chi connectivity index (χ2v) is 6.43. The molecule has 1 aromatic carbocycles. The van der Waals surface area contributed by atoms with Gasteiger partial charge in [0.15, 0.2) is 5.65 Å². The first kappa shape index (κ1) is 14.9. The third-order valence-electron chi connectivity index (χ3n) is 3.09. The molecule has 23 heavy (non-hydrogen) atoms. The number of benzene rings is 1. The van der Waals surface area contributed by atoms with Gasteiger partial charge in [0.05, 0.1) is 16.2 Å². The summed E-state index contributed by atoms with van der Waals surface area (Å²) in [4.78, 5) is 3.86. The van der Waals surface area contributed by atoms with Gasteiger partial charge in [-0.3, -0.25) is 4.72 Å². The van der Waals surface area contributed by atoms with Crippen molar-refractivity contribution in [2.24, 2.45) is 0 Å². The number of rotatable bonds is 3. The Morgan fingerprint density at radius 3 is 2.83 bits per heavy atom. The third kappa shape index (κ3) is 2.72. The van der Waals surface area contributed by atoms with Gasteiger partial charge in [0.2, 0.25) is 0 Å². The van der Waals surface area contributed by atoms with Crippen LogP contribution in [0.5, 0.6) is 0 Å². The Morgan fingerprint density at radius 2 is 2.09 bits per heavy atom. The standard InChI is InChI=1S/C14H10FN5O2S/c1-9-6-14-17-5-4-13(20(14)18-9)19-23(21,22)11-2-3-12(15)10(7-11)8-16/h2-7,19H,1H3. The summed E-state index contributed by atoms with van der Waals surface area (Å²) in [5, 5.41) is 13.0. The Bertz CT molecular complexity index is 1050. The van der Waals surface area contributed by atoms with Crippen molar-refractivity contribution in [1.29, 1.82) is 5.26 Å². The second kappa shape index (κ2) is 5.33. The van der Waals surface area contributed by atoms with Gasteiger partial charge < -0.3 is 0 Å². The normalized spacial score (nSPS) is 11.3. The predicted octanol–water partition coefficient (Wildman–Crippen LogP) is 1.85. The Balaban J connectivity index is 2.05. The molecule has 0 atom stereocenters. The molecule has 3 aromatic rings. The molecule has 9 heteroatoms. The molecule has 3 rings (SSSR count). The average Bonchev–Trinajstić information content (AvgIpc) is 2.88. The summed E-state index contributed by atoms with van der Waals surface area (Å²) < 4.78 is 41.9. The maximum absolute atomic E-state index is 13.3. The van der Waals surface area contributed by atoms with E-state index in [9.17, 15) is 12.8 Å². The van der Waals surface area contributed by atoms with E-state index in [1.807, 2.05) is 0 Å². The summed E-state index contributed by atoms with van der Waals surface area (Å²) in [6.07, 6.45) is 1.44. The zero-order chi connectivity index (χ0) is 16.6. The molecule has 0 aliphatic carbocycles. The fourth-order valence-corrected chi connectivity index (χ4v) is 3.11. The first-order chi connectivity index (χ1) is 10.9. The highest BCUT2D eigenvalue weighted by atomic mass is 32.2.